The smallest absolute Gasteiger partial charge is 0.122 e. The van der Waals surface area contributed by atoms with Gasteiger partial charge >= 0.3 is 0 Å². The van der Waals surface area contributed by atoms with E-state index in [-0.39, 0.29) is 0 Å². The minimum absolute atomic E-state index is 0.422. The van der Waals surface area contributed by atoms with Crippen molar-refractivity contribution >= 4 is 0 Å². The van der Waals surface area contributed by atoms with Crippen LogP contribution in [0.3, 0.4) is 0 Å². The van der Waals surface area contributed by atoms with Gasteiger partial charge in [-0.25, -0.2) is 0 Å². The van der Waals surface area contributed by atoms with Gasteiger partial charge in [0.1, 0.15) is 5.75 Å². The Morgan fingerprint density at radius 2 is 2.14 bits per heavy atom. The van der Waals surface area contributed by atoms with Crippen molar-refractivity contribution < 1.29 is 4.74 Å². The summed E-state index contributed by atoms with van der Waals surface area (Å²) in [6.45, 7) is 4.96. The third-order valence-corrected chi connectivity index (χ3v) is 2.61. The zero-order chi connectivity index (χ0) is 10.6. The highest BCUT2D eigenvalue weighted by molar-refractivity contribution is 5.38. The summed E-state index contributed by atoms with van der Waals surface area (Å²) in [6.07, 6.45) is 0.994. The summed E-state index contributed by atoms with van der Waals surface area (Å²) in [7, 11) is 1.71. The van der Waals surface area contributed by atoms with Gasteiger partial charge in [0.2, 0.25) is 0 Å². The lowest BCUT2D eigenvalue weighted by Crippen LogP contribution is -2.09. The SMILES string of the molecule is CCc1cc(C(C)CN)ccc1OC. The second kappa shape index (κ2) is 5.01. The lowest BCUT2D eigenvalue weighted by molar-refractivity contribution is 0.410. The maximum Gasteiger partial charge on any atom is 0.122 e. The number of methoxy groups -OCH3 is 1. The van der Waals surface area contributed by atoms with Crippen LogP contribution in [-0.4, -0.2) is 13.7 Å². The van der Waals surface area contributed by atoms with Crippen molar-refractivity contribution in [2.75, 3.05) is 13.7 Å². The van der Waals surface area contributed by atoms with E-state index in [0.29, 0.717) is 12.5 Å². The van der Waals surface area contributed by atoms with E-state index in [2.05, 4.69) is 26.0 Å². The van der Waals surface area contributed by atoms with Gasteiger partial charge in [-0.05, 0) is 36.1 Å². The van der Waals surface area contributed by atoms with Crippen molar-refractivity contribution in [2.45, 2.75) is 26.2 Å². The van der Waals surface area contributed by atoms with Crippen LogP contribution in [0.4, 0.5) is 0 Å². The molecule has 2 N–H and O–H groups in total. The monoisotopic (exact) mass is 193 g/mol. The fraction of sp³-hybridized carbons (Fsp3) is 0.500. The molecule has 0 saturated carbocycles. The first-order valence-electron chi connectivity index (χ1n) is 5.09. The van der Waals surface area contributed by atoms with Crippen LogP contribution in [0.5, 0.6) is 5.75 Å². The summed E-state index contributed by atoms with van der Waals surface area (Å²) in [4.78, 5) is 0. The summed E-state index contributed by atoms with van der Waals surface area (Å²) in [5.41, 5.74) is 8.19. The topological polar surface area (TPSA) is 35.2 Å². The summed E-state index contributed by atoms with van der Waals surface area (Å²) < 4.78 is 5.27. The summed E-state index contributed by atoms with van der Waals surface area (Å²) in [5, 5.41) is 0. The Labute approximate surface area is 86.1 Å². The van der Waals surface area contributed by atoms with Crippen molar-refractivity contribution in [3.05, 3.63) is 29.3 Å². The molecule has 2 heteroatoms. The Morgan fingerprint density at radius 3 is 2.64 bits per heavy atom. The van der Waals surface area contributed by atoms with E-state index in [9.17, 15) is 0 Å². The second-order valence-electron chi connectivity index (χ2n) is 3.56. The first-order chi connectivity index (χ1) is 6.72. The zero-order valence-electron chi connectivity index (χ0n) is 9.21. The molecule has 78 valence electrons. The molecule has 1 aromatic carbocycles. The van der Waals surface area contributed by atoms with Gasteiger partial charge in [-0.1, -0.05) is 26.0 Å². The lowest BCUT2D eigenvalue weighted by Gasteiger charge is -2.13. The molecule has 0 heterocycles. The molecule has 1 rings (SSSR count). The molecule has 0 aromatic heterocycles. The van der Waals surface area contributed by atoms with Crippen LogP contribution in [0.1, 0.15) is 30.9 Å². The first-order valence-corrected chi connectivity index (χ1v) is 5.09. The molecule has 0 spiro atoms. The Kier molecular flexibility index (Phi) is 3.96. The Bertz CT molecular complexity index is 296. The van der Waals surface area contributed by atoms with Crippen LogP contribution in [0.15, 0.2) is 18.2 Å². The van der Waals surface area contributed by atoms with Crippen molar-refractivity contribution in [2.24, 2.45) is 5.73 Å². The molecule has 2 nitrogen and oxygen atoms in total. The van der Waals surface area contributed by atoms with Crippen molar-refractivity contribution in [3.63, 3.8) is 0 Å². The van der Waals surface area contributed by atoms with Crippen molar-refractivity contribution in [3.8, 4) is 5.75 Å². The minimum atomic E-state index is 0.422. The molecule has 1 unspecified atom stereocenters. The molecule has 0 aliphatic heterocycles. The molecular weight excluding hydrogens is 174 g/mol. The summed E-state index contributed by atoms with van der Waals surface area (Å²) in [6, 6.07) is 6.31. The number of hydrogen-bond acceptors (Lipinski definition) is 2. The Morgan fingerprint density at radius 1 is 1.43 bits per heavy atom. The van der Waals surface area contributed by atoms with E-state index in [1.807, 2.05) is 6.07 Å². The van der Waals surface area contributed by atoms with Crippen LogP contribution in [0, 0.1) is 0 Å². The van der Waals surface area contributed by atoms with E-state index in [1.165, 1.54) is 11.1 Å². The van der Waals surface area contributed by atoms with Crippen LogP contribution in [0.25, 0.3) is 0 Å². The number of aryl methyl sites for hydroxylation is 1. The number of hydrogen-bond donors (Lipinski definition) is 1. The van der Waals surface area contributed by atoms with Gasteiger partial charge < -0.3 is 10.5 Å². The molecule has 14 heavy (non-hydrogen) atoms. The predicted octanol–water partition coefficient (Wildman–Crippen LogP) is 2.32. The van der Waals surface area contributed by atoms with Gasteiger partial charge in [-0.3, -0.25) is 0 Å². The molecule has 0 aliphatic rings. The van der Waals surface area contributed by atoms with E-state index < -0.39 is 0 Å². The number of nitrogens with two attached hydrogens (primary N) is 1. The van der Waals surface area contributed by atoms with Crippen molar-refractivity contribution in [1.82, 2.24) is 0 Å². The van der Waals surface area contributed by atoms with Crippen LogP contribution < -0.4 is 10.5 Å². The minimum Gasteiger partial charge on any atom is -0.496 e. The summed E-state index contributed by atoms with van der Waals surface area (Å²) >= 11 is 0. The largest absolute Gasteiger partial charge is 0.496 e. The van der Waals surface area contributed by atoms with Gasteiger partial charge in [0.15, 0.2) is 0 Å². The van der Waals surface area contributed by atoms with Gasteiger partial charge in [-0.2, -0.15) is 0 Å². The van der Waals surface area contributed by atoms with Gasteiger partial charge in [-0.15, -0.1) is 0 Å². The lowest BCUT2D eigenvalue weighted by atomic mass is 9.98. The van der Waals surface area contributed by atoms with E-state index in [1.54, 1.807) is 7.11 Å². The fourth-order valence-corrected chi connectivity index (χ4v) is 1.52. The van der Waals surface area contributed by atoms with Crippen molar-refractivity contribution in [1.29, 1.82) is 0 Å². The number of rotatable bonds is 4. The highest BCUT2D eigenvalue weighted by Crippen LogP contribution is 2.24. The summed E-state index contributed by atoms with van der Waals surface area (Å²) in [5.74, 6) is 1.40. The standard InChI is InChI=1S/C12H19NO/c1-4-10-7-11(9(2)8-13)5-6-12(10)14-3/h5-7,9H,4,8,13H2,1-3H3. The molecule has 0 amide bonds. The zero-order valence-corrected chi connectivity index (χ0v) is 9.21. The third-order valence-electron chi connectivity index (χ3n) is 2.61. The molecule has 0 radical (unpaired) electrons. The second-order valence-corrected chi connectivity index (χ2v) is 3.56. The average molecular weight is 193 g/mol. The molecule has 1 aromatic rings. The highest BCUT2D eigenvalue weighted by Gasteiger charge is 2.06. The maximum atomic E-state index is 5.63. The van der Waals surface area contributed by atoms with E-state index in [4.69, 9.17) is 10.5 Å². The molecule has 0 fully saturated rings. The molecule has 1 atom stereocenters. The van der Waals surface area contributed by atoms with Crippen LogP contribution in [-0.2, 0) is 6.42 Å². The van der Waals surface area contributed by atoms with Crippen LogP contribution in [0.2, 0.25) is 0 Å². The predicted molar refractivity (Wildman–Crippen MR) is 59.8 cm³/mol. The van der Waals surface area contributed by atoms with Gasteiger partial charge in [0.25, 0.3) is 0 Å². The highest BCUT2D eigenvalue weighted by atomic mass is 16.5. The maximum absolute atomic E-state index is 5.63. The first kappa shape index (κ1) is 11.1. The van der Waals surface area contributed by atoms with Crippen LogP contribution >= 0.6 is 0 Å². The quantitative estimate of drug-likeness (QED) is 0.796. The average Bonchev–Trinajstić information content (AvgIpc) is 2.26. The Hall–Kier alpha value is -1.02. The normalized spacial score (nSPS) is 12.6. The molecule has 0 aliphatic carbocycles. The third kappa shape index (κ3) is 2.26. The number of ether oxygens (including phenoxy) is 1. The van der Waals surface area contributed by atoms with Gasteiger partial charge in [0, 0.05) is 0 Å². The molecular formula is C12H19NO. The molecule has 0 saturated heterocycles. The van der Waals surface area contributed by atoms with Gasteiger partial charge in [0.05, 0.1) is 7.11 Å². The fourth-order valence-electron chi connectivity index (χ4n) is 1.52. The Balaban J connectivity index is 3.01. The number of benzene rings is 1. The van der Waals surface area contributed by atoms with E-state index >= 15 is 0 Å². The molecule has 0 bridgehead atoms. The van der Waals surface area contributed by atoms with E-state index in [0.717, 1.165) is 12.2 Å².